The van der Waals surface area contributed by atoms with Crippen molar-refractivity contribution in [1.82, 2.24) is 9.55 Å². The van der Waals surface area contributed by atoms with Crippen LogP contribution in [0.15, 0.2) is 70.3 Å². The Hall–Kier alpha value is -2.44. The molecule has 0 aliphatic rings. The van der Waals surface area contributed by atoms with Crippen LogP contribution in [0.1, 0.15) is 17.2 Å². The zero-order valence-corrected chi connectivity index (χ0v) is 16.5. The predicted octanol–water partition coefficient (Wildman–Crippen LogP) is 0.208. The monoisotopic (exact) mass is 432 g/mol. The molecule has 0 fully saturated rings. The van der Waals surface area contributed by atoms with Crippen molar-refractivity contribution >= 4 is 24.0 Å². The summed E-state index contributed by atoms with van der Waals surface area (Å²) in [6, 6.07) is 19.0. The quantitative estimate of drug-likeness (QED) is 0.524. The minimum absolute atomic E-state index is 0.0551. The van der Waals surface area contributed by atoms with Crippen molar-refractivity contribution in [2.45, 2.75) is 19.8 Å². The zero-order chi connectivity index (χ0) is 19.2. The molecule has 0 radical (unpaired) electrons. The summed E-state index contributed by atoms with van der Waals surface area (Å²) in [6.45, 7) is 1.44. The van der Waals surface area contributed by atoms with E-state index in [0.29, 0.717) is 10.2 Å². The summed E-state index contributed by atoms with van der Waals surface area (Å²) in [5, 5.41) is 9.66. The van der Waals surface area contributed by atoms with Gasteiger partial charge in [0.25, 0.3) is 0 Å². The molecule has 0 saturated heterocycles. The minimum atomic E-state index is -0.553. The fourth-order valence-electron chi connectivity index (χ4n) is 2.59. The molecule has 1 unspecified atom stereocenters. The maximum atomic E-state index is 12.4. The van der Waals surface area contributed by atoms with Crippen LogP contribution in [-0.2, 0) is 11.5 Å². The van der Waals surface area contributed by atoms with Crippen LogP contribution in [0.4, 0.5) is 0 Å². The van der Waals surface area contributed by atoms with Gasteiger partial charge in [0.05, 0.1) is 0 Å². The van der Waals surface area contributed by atoms with Gasteiger partial charge in [0, 0.05) is 0 Å². The summed E-state index contributed by atoms with van der Waals surface area (Å²) >= 11 is -0.233. The molecule has 2 aromatic carbocycles. The molecule has 140 valence electrons. The molecular weight excluding hydrogens is 411 g/mol. The van der Waals surface area contributed by atoms with Gasteiger partial charge in [-0.05, 0) is 0 Å². The molecule has 1 aromatic heterocycles. The molecule has 27 heavy (non-hydrogen) atoms. The Labute approximate surface area is 162 Å². The van der Waals surface area contributed by atoms with Crippen LogP contribution >= 0.6 is 0 Å². The van der Waals surface area contributed by atoms with Crippen LogP contribution in [0.3, 0.4) is 0 Å². The topological polar surface area (TPSA) is 84.3 Å². The van der Waals surface area contributed by atoms with Crippen LogP contribution in [0, 0.1) is 6.92 Å². The molecule has 6 nitrogen and oxygen atoms in total. The number of benzene rings is 2. The van der Waals surface area contributed by atoms with E-state index < -0.39 is 11.8 Å². The van der Waals surface area contributed by atoms with E-state index >= 15 is 0 Å². The van der Waals surface area contributed by atoms with Crippen LogP contribution in [-0.4, -0.2) is 36.2 Å². The van der Waals surface area contributed by atoms with Crippen molar-refractivity contribution in [1.29, 1.82) is 0 Å². The molecule has 2 N–H and O–H groups in total. The van der Waals surface area contributed by atoms with E-state index in [0.717, 1.165) is 10.0 Å². The fourth-order valence-corrected chi connectivity index (χ4v) is 4.70. The number of aromatic nitrogens is 2. The Morgan fingerprint density at radius 3 is 2.33 bits per heavy atom. The molecule has 0 aliphatic carbocycles. The van der Waals surface area contributed by atoms with Crippen LogP contribution in [0.5, 0.6) is 0 Å². The molecule has 0 bridgehead atoms. The summed E-state index contributed by atoms with van der Waals surface area (Å²) in [5.74, 6) is 0. The molecule has 7 heteroatoms. The van der Waals surface area contributed by atoms with E-state index in [1.165, 1.54) is 4.57 Å². The molecule has 0 saturated carbocycles. The summed E-state index contributed by atoms with van der Waals surface area (Å²) in [4.78, 5) is 26.8. The van der Waals surface area contributed by atoms with Gasteiger partial charge in [0.15, 0.2) is 0 Å². The van der Waals surface area contributed by atoms with Crippen molar-refractivity contribution in [3.63, 3.8) is 0 Å². The van der Waals surface area contributed by atoms with Gasteiger partial charge in [0.2, 0.25) is 0 Å². The van der Waals surface area contributed by atoms with E-state index in [9.17, 15) is 14.7 Å². The van der Waals surface area contributed by atoms with Crippen LogP contribution in [0.2, 0.25) is 0 Å². The van der Waals surface area contributed by atoms with E-state index in [2.05, 4.69) is 4.98 Å². The first-order valence-electron chi connectivity index (χ1n) is 8.44. The van der Waals surface area contributed by atoms with Crippen LogP contribution in [0.25, 0.3) is 0 Å². The van der Waals surface area contributed by atoms with Gasteiger partial charge in [-0.3, -0.25) is 0 Å². The number of H-pyrrole nitrogens is 1. The Bertz CT molecular complexity index is 1000. The summed E-state index contributed by atoms with van der Waals surface area (Å²) in [6.07, 6.45) is -0.553. The number of nitrogens with zero attached hydrogens (tertiary/aromatic N) is 1. The van der Waals surface area contributed by atoms with Crippen molar-refractivity contribution in [2.24, 2.45) is 0 Å². The first-order valence-corrected chi connectivity index (χ1v) is 10.2. The normalized spacial score (nSPS) is 12.1. The van der Waals surface area contributed by atoms with E-state index in [-0.39, 0.29) is 33.9 Å². The van der Waals surface area contributed by atoms with Gasteiger partial charge in [-0.15, -0.1) is 0 Å². The van der Waals surface area contributed by atoms with E-state index in [4.69, 9.17) is 4.74 Å². The molecule has 3 aromatic rings. The number of aliphatic hydroxyl groups excluding tert-OH is 1. The van der Waals surface area contributed by atoms with Gasteiger partial charge in [-0.1, -0.05) is 0 Å². The number of hydrogen-bond acceptors (Lipinski definition) is 4. The second-order valence-corrected chi connectivity index (χ2v) is 8.14. The second-order valence-electron chi connectivity index (χ2n) is 5.91. The number of nitrogens with one attached hydrogen (secondary N) is 1. The average molecular weight is 431 g/mol. The van der Waals surface area contributed by atoms with E-state index in [1.54, 1.807) is 6.92 Å². The van der Waals surface area contributed by atoms with Crippen molar-refractivity contribution in [2.75, 3.05) is 6.61 Å². The number of aliphatic hydroxyl groups is 1. The molecule has 0 amide bonds. The molecule has 1 atom stereocenters. The van der Waals surface area contributed by atoms with Crippen molar-refractivity contribution in [3.05, 3.63) is 92.6 Å². The fraction of sp³-hybridized carbons (Fsp3) is 0.200. The van der Waals surface area contributed by atoms with Crippen molar-refractivity contribution in [3.8, 4) is 0 Å². The third kappa shape index (κ3) is 4.64. The number of hydrogen-bond donors (Lipinski definition) is 2. The summed E-state index contributed by atoms with van der Waals surface area (Å²) in [7, 11) is 0. The molecule has 1 heterocycles. The van der Waals surface area contributed by atoms with Crippen molar-refractivity contribution < 1.29 is 9.84 Å². The zero-order valence-electron chi connectivity index (χ0n) is 14.8. The third-order valence-electron chi connectivity index (χ3n) is 4.07. The summed E-state index contributed by atoms with van der Waals surface area (Å²) in [5.41, 5.74) is 0.431. The molecule has 0 aliphatic heterocycles. The average Bonchev–Trinajstić information content (AvgIpc) is 2.70. The maximum absolute atomic E-state index is 12.4. The van der Waals surface area contributed by atoms with Gasteiger partial charge in [0.1, 0.15) is 0 Å². The first-order chi connectivity index (χ1) is 13.1. The molecule has 3 rings (SSSR count). The van der Waals surface area contributed by atoms with Gasteiger partial charge in [-0.2, -0.15) is 0 Å². The Morgan fingerprint density at radius 1 is 1.07 bits per heavy atom. The standard InChI is InChI=1S/C20H20N2O4Se/c1-14-18(24)21-20(25)22(19(14)27-16-10-6-3-7-11-16)13-26-17(12-23)15-8-4-2-5-9-15/h2-11,17,23H,12-13H2,1H3,(H,21,24,25). The SMILES string of the molecule is Cc1c([Se]c2ccccc2)n(COC(CO)c2ccccc2)c(=O)[nH]c1=O. The van der Waals surface area contributed by atoms with Gasteiger partial charge >= 0.3 is 162 Å². The summed E-state index contributed by atoms with van der Waals surface area (Å²) < 4.78 is 8.97. The predicted molar refractivity (Wildman–Crippen MR) is 105 cm³/mol. The Morgan fingerprint density at radius 2 is 1.70 bits per heavy atom. The number of ether oxygens (including phenoxy) is 1. The molecule has 0 spiro atoms. The Balaban J connectivity index is 1.91. The second kappa shape index (κ2) is 8.97. The first kappa shape index (κ1) is 19.3. The van der Waals surface area contributed by atoms with Gasteiger partial charge in [-0.25, -0.2) is 0 Å². The number of rotatable bonds is 7. The van der Waals surface area contributed by atoms with E-state index in [1.807, 2.05) is 60.7 Å². The van der Waals surface area contributed by atoms with Crippen LogP contribution < -0.4 is 20.3 Å². The van der Waals surface area contributed by atoms with Gasteiger partial charge < -0.3 is 0 Å². The molecular formula is C20H20N2O4Se. The third-order valence-corrected chi connectivity index (χ3v) is 6.65. The Kier molecular flexibility index (Phi) is 6.42. The number of aromatic amines is 1.